The molecule has 0 atom stereocenters. The van der Waals surface area contributed by atoms with E-state index in [0.717, 1.165) is 39.7 Å². The molecule has 4 nitrogen and oxygen atoms in total. The molecule has 0 aliphatic heterocycles. The number of fused-ring (bicyclic) bond motifs is 12. The first-order valence-electron chi connectivity index (χ1n) is 9.44. The third kappa shape index (κ3) is 1.63. The van der Waals surface area contributed by atoms with Crippen LogP contribution >= 0.6 is 0 Å². The zero-order chi connectivity index (χ0) is 18.2. The van der Waals surface area contributed by atoms with Gasteiger partial charge in [0.1, 0.15) is 11.2 Å². The summed E-state index contributed by atoms with van der Waals surface area (Å²) in [6, 6.07) is 21.2. The number of aromatic nitrogens is 4. The van der Waals surface area contributed by atoms with Crippen LogP contribution in [-0.4, -0.2) is 19.4 Å². The van der Waals surface area contributed by atoms with Crippen LogP contribution in [0.3, 0.4) is 0 Å². The van der Waals surface area contributed by atoms with Gasteiger partial charge in [0.25, 0.3) is 0 Å². The molecule has 4 heteroatoms. The normalized spacial score (nSPS) is 12.9. The molecule has 0 unspecified atom stereocenters. The van der Waals surface area contributed by atoms with E-state index >= 15 is 0 Å². The van der Waals surface area contributed by atoms with Crippen molar-refractivity contribution in [1.29, 1.82) is 0 Å². The highest BCUT2D eigenvalue weighted by atomic mass is 15.1. The van der Waals surface area contributed by atoms with Crippen LogP contribution in [0.4, 0.5) is 0 Å². The fraction of sp³-hybridized carbons (Fsp3) is 0.0417. The summed E-state index contributed by atoms with van der Waals surface area (Å²) in [5.74, 6) is 0. The summed E-state index contributed by atoms with van der Waals surface area (Å²) in [5, 5.41) is 2.32. The molecule has 0 fully saturated rings. The van der Waals surface area contributed by atoms with E-state index in [9.17, 15) is 0 Å². The average Bonchev–Trinajstić information content (AvgIpc) is 3.32. The Labute approximate surface area is 160 Å². The summed E-state index contributed by atoms with van der Waals surface area (Å²) in [4.78, 5) is 14.4. The molecule has 4 aromatic heterocycles. The van der Waals surface area contributed by atoms with E-state index in [4.69, 9.17) is 9.97 Å². The Morgan fingerprint density at radius 1 is 0.750 bits per heavy atom. The van der Waals surface area contributed by atoms with E-state index in [1.807, 2.05) is 30.6 Å². The van der Waals surface area contributed by atoms with Crippen LogP contribution in [0.5, 0.6) is 0 Å². The van der Waals surface area contributed by atoms with Crippen molar-refractivity contribution in [2.45, 2.75) is 6.42 Å². The van der Waals surface area contributed by atoms with Gasteiger partial charge in [0.2, 0.25) is 0 Å². The molecule has 0 amide bonds. The monoisotopic (exact) mass is 358 g/mol. The molecule has 4 heterocycles. The smallest absolute Gasteiger partial charge is 0.165 e. The summed E-state index contributed by atoms with van der Waals surface area (Å²) < 4.78 is 2.17. The van der Waals surface area contributed by atoms with Crippen molar-refractivity contribution in [3.05, 3.63) is 84.2 Å². The zero-order valence-electron chi connectivity index (χ0n) is 14.9. The Morgan fingerprint density at radius 3 is 2.64 bits per heavy atom. The van der Waals surface area contributed by atoms with Gasteiger partial charge in [0, 0.05) is 23.2 Å². The maximum absolute atomic E-state index is 5.02. The van der Waals surface area contributed by atoms with Gasteiger partial charge in [0.05, 0.1) is 11.0 Å². The number of benzene rings is 2. The second-order valence-electron chi connectivity index (χ2n) is 7.34. The Hall–Kier alpha value is -3.79. The van der Waals surface area contributed by atoms with E-state index in [-0.39, 0.29) is 0 Å². The van der Waals surface area contributed by atoms with Gasteiger partial charge in [0.15, 0.2) is 5.65 Å². The van der Waals surface area contributed by atoms with Crippen molar-refractivity contribution in [3.8, 4) is 11.1 Å². The molecule has 0 bridgehead atoms. The van der Waals surface area contributed by atoms with Crippen LogP contribution in [0, 0.1) is 0 Å². The van der Waals surface area contributed by atoms with Crippen LogP contribution in [0.15, 0.2) is 73.1 Å². The van der Waals surface area contributed by atoms with Gasteiger partial charge >= 0.3 is 0 Å². The minimum absolute atomic E-state index is 0.876. The number of rotatable bonds is 0. The molecule has 28 heavy (non-hydrogen) atoms. The molecular weight excluding hydrogens is 344 g/mol. The molecule has 0 radical (unpaired) electrons. The molecule has 1 aliphatic rings. The molecule has 7 rings (SSSR count). The maximum Gasteiger partial charge on any atom is 0.165 e. The van der Waals surface area contributed by atoms with Gasteiger partial charge in [-0.1, -0.05) is 36.4 Å². The summed E-state index contributed by atoms with van der Waals surface area (Å²) in [5.41, 5.74) is 10.1. The number of pyridine rings is 3. The van der Waals surface area contributed by atoms with Crippen LogP contribution in [-0.2, 0) is 6.42 Å². The summed E-state index contributed by atoms with van der Waals surface area (Å²) >= 11 is 0. The van der Waals surface area contributed by atoms with E-state index in [2.05, 4.69) is 51.8 Å². The predicted octanol–water partition coefficient (Wildman–Crippen LogP) is 5.16. The largest absolute Gasteiger partial charge is 0.274 e. The third-order valence-corrected chi connectivity index (χ3v) is 5.88. The van der Waals surface area contributed by atoms with E-state index in [0.29, 0.717) is 0 Å². The minimum Gasteiger partial charge on any atom is -0.274 e. The SMILES string of the molecule is c1ccc2c(c1)Cc1ccc3c4ncccc4n4c5ncccc5nc4c3c1-2. The van der Waals surface area contributed by atoms with Gasteiger partial charge in [-0.3, -0.25) is 9.38 Å². The van der Waals surface area contributed by atoms with Crippen molar-refractivity contribution >= 4 is 38.6 Å². The van der Waals surface area contributed by atoms with Crippen LogP contribution in [0.1, 0.15) is 11.1 Å². The quantitative estimate of drug-likeness (QED) is 0.352. The fourth-order valence-electron chi connectivity index (χ4n) is 4.75. The molecule has 2 aromatic carbocycles. The Kier molecular flexibility index (Phi) is 2.51. The van der Waals surface area contributed by atoms with Gasteiger partial charge in [-0.05, 0) is 52.9 Å². The topological polar surface area (TPSA) is 43.1 Å². The number of imidazole rings is 1. The highest BCUT2D eigenvalue weighted by Crippen LogP contribution is 2.44. The van der Waals surface area contributed by atoms with E-state index < -0.39 is 0 Å². The van der Waals surface area contributed by atoms with Crippen LogP contribution in [0.25, 0.3) is 49.7 Å². The van der Waals surface area contributed by atoms with Gasteiger partial charge in [-0.25, -0.2) is 9.97 Å². The maximum atomic E-state index is 5.02. The molecule has 0 N–H and O–H groups in total. The lowest BCUT2D eigenvalue weighted by Gasteiger charge is -2.12. The van der Waals surface area contributed by atoms with Crippen molar-refractivity contribution in [3.63, 3.8) is 0 Å². The summed E-state index contributed by atoms with van der Waals surface area (Å²) in [6.45, 7) is 0. The average molecular weight is 358 g/mol. The second kappa shape index (κ2) is 4.93. The highest BCUT2D eigenvalue weighted by Gasteiger charge is 2.24. The van der Waals surface area contributed by atoms with Crippen molar-refractivity contribution in [1.82, 2.24) is 19.4 Å². The molecule has 0 spiro atoms. The molecular formula is C24H14N4. The van der Waals surface area contributed by atoms with Crippen molar-refractivity contribution in [2.75, 3.05) is 0 Å². The zero-order valence-corrected chi connectivity index (χ0v) is 14.9. The first-order chi connectivity index (χ1) is 13.9. The first kappa shape index (κ1) is 14.3. The molecule has 0 saturated carbocycles. The number of hydrogen-bond acceptors (Lipinski definition) is 3. The second-order valence-corrected chi connectivity index (χ2v) is 7.34. The van der Waals surface area contributed by atoms with Crippen LogP contribution in [0.2, 0.25) is 0 Å². The third-order valence-electron chi connectivity index (χ3n) is 5.88. The summed E-state index contributed by atoms with van der Waals surface area (Å²) in [6.07, 6.45) is 4.65. The number of hydrogen-bond donors (Lipinski definition) is 0. The van der Waals surface area contributed by atoms with Gasteiger partial charge < -0.3 is 0 Å². The van der Waals surface area contributed by atoms with Crippen molar-refractivity contribution < 1.29 is 0 Å². The Morgan fingerprint density at radius 2 is 1.64 bits per heavy atom. The predicted molar refractivity (Wildman–Crippen MR) is 112 cm³/mol. The lowest BCUT2D eigenvalue weighted by Crippen LogP contribution is -1.96. The van der Waals surface area contributed by atoms with E-state index in [1.165, 1.54) is 27.6 Å². The lowest BCUT2D eigenvalue weighted by atomic mass is 9.97. The highest BCUT2D eigenvalue weighted by molar-refractivity contribution is 6.18. The van der Waals surface area contributed by atoms with Gasteiger partial charge in [-0.15, -0.1) is 0 Å². The molecule has 130 valence electrons. The number of nitrogens with zero attached hydrogens (tertiary/aromatic N) is 4. The molecule has 6 aromatic rings. The standard InChI is InChI=1S/C24H14N4/c1-2-6-16-14(5-1)13-15-9-10-17-21(20(15)16)24-27-18-7-3-12-26-23(18)28(24)19-8-4-11-25-22(17)19/h1-12H,13H2. The van der Waals surface area contributed by atoms with Gasteiger partial charge in [-0.2, -0.15) is 0 Å². The Bertz CT molecular complexity index is 1590. The summed E-state index contributed by atoms with van der Waals surface area (Å²) in [7, 11) is 0. The fourth-order valence-corrected chi connectivity index (χ4v) is 4.75. The van der Waals surface area contributed by atoms with Crippen molar-refractivity contribution in [2.24, 2.45) is 0 Å². The van der Waals surface area contributed by atoms with Crippen LogP contribution < -0.4 is 0 Å². The molecule has 1 aliphatic carbocycles. The molecule has 0 saturated heterocycles. The van der Waals surface area contributed by atoms with E-state index in [1.54, 1.807) is 0 Å². The Balaban J connectivity index is 1.84. The lowest BCUT2D eigenvalue weighted by molar-refractivity contribution is 1.23. The first-order valence-corrected chi connectivity index (χ1v) is 9.44. The minimum atomic E-state index is 0.876.